The first kappa shape index (κ1) is 15.4. The summed E-state index contributed by atoms with van der Waals surface area (Å²) in [5.41, 5.74) is 0.772. The van der Waals surface area contributed by atoms with Crippen molar-refractivity contribution in [2.45, 2.75) is 44.4 Å². The second kappa shape index (κ2) is 5.97. The van der Waals surface area contributed by atoms with Crippen molar-refractivity contribution in [3.8, 4) is 0 Å². The average molecular weight is 319 g/mol. The molecule has 4 nitrogen and oxygen atoms in total. The van der Waals surface area contributed by atoms with Gasteiger partial charge < -0.3 is 15.2 Å². The molecule has 0 heterocycles. The van der Waals surface area contributed by atoms with E-state index in [1.165, 1.54) is 6.92 Å². The smallest absolute Gasteiger partial charge is 0.232 e. The predicted octanol–water partition coefficient (Wildman–Crippen LogP) is 2.39. The van der Waals surface area contributed by atoms with Crippen LogP contribution in [0.4, 0.5) is 0 Å². The van der Waals surface area contributed by atoms with Gasteiger partial charge >= 0.3 is 0 Å². The summed E-state index contributed by atoms with van der Waals surface area (Å²) in [6.45, 7) is 1.46. The van der Waals surface area contributed by atoms with Gasteiger partial charge in [-0.3, -0.25) is 4.79 Å². The Labute approximate surface area is 135 Å². The zero-order valence-electron chi connectivity index (χ0n) is 12.6. The molecule has 2 fully saturated rings. The van der Waals surface area contributed by atoms with Crippen molar-refractivity contribution < 1.29 is 14.6 Å². The zero-order valence-corrected chi connectivity index (χ0v) is 13.4. The second-order valence-electron chi connectivity index (χ2n) is 6.29. The third-order valence-electron chi connectivity index (χ3n) is 4.87. The number of nitrogens with one attached hydrogen (secondary N) is 1. The van der Waals surface area contributed by atoms with E-state index in [-0.39, 0.29) is 16.9 Å². The summed E-state index contributed by atoms with van der Waals surface area (Å²) in [6.07, 6.45) is 3.82. The molecule has 0 bridgehead atoms. The predicted molar refractivity (Wildman–Crippen MR) is 87.2 cm³/mol. The molecule has 118 valence electrons. The Morgan fingerprint density at radius 1 is 1.36 bits per heavy atom. The maximum absolute atomic E-state index is 11.5. The van der Waals surface area contributed by atoms with E-state index in [1.807, 2.05) is 30.3 Å². The number of aliphatic hydroxyl groups is 1. The summed E-state index contributed by atoms with van der Waals surface area (Å²) in [4.78, 5) is 11.5. The van der Waals surface area contributed by atoms with Gasteiger partial charge in [0.1, 0.15) is 0 Å². The fourth-order valence-corrected chi connectivity index (χ4v) is 4.20. The number of carbonyl (C=O) groups is 1. The SMILES string of the molecule is CC(=O)NC1CC2CCCC2[C@]1(O)OC(=S)c1ccccc1. The molecule has 2 aliphatic rings. The van der Waals surface area contributed by atoms with Crippen molar-refractivity contribution in [1.82, 2.24) is 5.32 Å². The molecule has 1 amide bonds. The number of carbonyl (C=O) groups excluding carboxylic acids is 1. The van der Waals surface area contributed by atoms with Gasteiger partial charge in [-0.15, -0.1) is 0 Å². The van der Waals surface area contributed by atoms with Crippen molar-refractivity contribution in [3.63, 3.8) is 0 Å². The quantitative estimate of drug-likeness (QED) is 0.663. The first-order chi connectivity index (χ1) is 10.5. The van der Waals surface area contributed by atoms with Gasteiger partial charge in [0.2, 0.25) is 11.7 Å². The standard InChI is InChI=1S/C17H21NO3S/c1-11(19)18-15-10-13-8-5-9-14(13)17(15,20)21-16(22)12-6-3-2-4-7-12/h2-4,6-7,13-15,20H,5,8-10H2,1H3,(H,18,19)/t13?,14?,15?,17-/m0/s1. The highest BCUT2D eigenvalue weighted by Gasteiger charge is 2.58. The van der Waals surface area contributed by atoms with Crippen LogP contribution in [-0.2, 0) is 9.53 Å². The lowest BCUT2D eigenvalue weighted by Crippen LogP contribution is -2.54. The van der Waals surface area contributed by atoms with Crippen LogP contribution in [0.25, 0.3) is 0 Å². The maximum atomic E-state index is 11.5. The largest absolute Gasteiger partial charge is 0.449 e. The van der Waals surface area contributed by atoms with Gasteiger partial charge in [0.05, 0.1) is 6.04 Å². The highest BCUT2D eigenvalue weighted by molar-refractivity contribution is 7.80. The van der Waals surface area contributed by atoms with Crippen LogP contribution in [0.1, 0.15) is 38.2 Å². The van der Waals surface area contributed by atoms with Crippen molar-refractivity contribution in [3.05, 3.63) is 35.9 Å². The lowest BCUT2D eigenvalue weighted by molar-refractivity contribution is -0.188. The van der Waals surface area contributed by atoms with Crippen molar-refractivity contribution in [1.29, 1.82) is 0 Å². The molecule has 0 spiro atoms. The lowest BCUT2D eigenvalue weighted by atomic mass is 9.96. The fraction of sp³-hybridized carbons (Fsp3) is 0.529. The Kier molecular flexibility index (Phi) is 4.19. The molecule has 3 rings (SSSR count). The fourth-order valence-electron chi connectivity index (χ4n) is 3.93. The molecule has 0 radical (unpaired) electrons. The van der Waals surface area contributed by atoms with Gasteiger partial charge in [0.25, 0.3) is 0 Å². The Balaban J connectivity index is 1.83. The van der Waals surface area contributed by atoms with Crippen molar-refractivity contribution in [2.75, 3.05) is 0 Å². The third kappa shape index (κ3) is 2.75. The molecule has 5 heteroatoms. The van der Waals surface area contributed by atoms with Crippen LogP contribution in [0.2, 0.25) is 0 Å². The summed E-state index contributed by atoms with van der Waals surface area (Å²) < 4.78 is 5.88. The van der Waals surface area contributed by atoms with E-state index >= 15 is 0 Å². The Morgan fingerprint density at radius 3 is 2.77 bits per heavy atom. The highest BCUT2D eigenvalue weighted by Crippen LogP contribution is 2.50. The summed E-state index contributed by atoms with van der Waals surface area (Å²) in [5.74, 6) is -1.14. The molecule has 0 aliphatic heterocycles. The molecule has 1 aromatic carbocycles. The normalized spacial score (nSPS) is 33.3. The van der Waals surface area contributed by atoms with Crippen LogP contribution in [0.3, 0.4) is 0 Å². The van der Waals surface area contributed by atoms with Crippen LogP contribution in [-0.4, -0.2) is 27.9 Å². The number of fused-ring (bicyclic) bond motifs is 1. The molecular weight excluding hydrogens is 298 g/mol. The summed E-state index contributed by atoms with van der Waals surface area (Å²) in [6, 6.07) is 8.99. The van der Waals surface area contributed by atoms with Gasteiger partial charge in [-0.05, 0) is 37.4 Å². The van der Waals surface area contributed by atoms with Gasteiger partial charge in [-0.1, -0.05) is 36.8 Å². The first-order valence-corrected chi connectivity index (χ1v) is 8.19. The number of benzene rings is 1. The van der Waals surface area contributed by atoms with Crippen molar-refractivity contribution in [2.24, 2.45) is 11.8 Å². The minimum Gasteiger partial charge on any atom is -0.449 e. The van der Waals surface area contributed by atoms with Crippen LogP contribution < -0.4 is 5.32 Å². The zero-order chi connectivity index (χ0) is 15.7. The van der Waals surface area contributed by atoms with E-state index in [9.17, 15) is 9.90 Å². The number of rotatable bonds is 3. The highest BCUT2D eigenvalue weighted by atomic mass is 32.1. The molecule has 0 saturated heterocycles. The van der Waals surface area contributed by atoms with E-state index in [4.69, 9.17) is 17.0 Å². The molecule has 0 aromatic heterocycles. The number of ether oxygens (including phenoxy) is 1. The molecule has 2 N–H and O–H groups in total. The molecule has 3 unspecified atom stereocenters. The molecule has 2 saturated carbocycles. The van der Waals surface area contributed by atoms with Gasteiger partial charge in [0, 0.05) is 18.4 Å². The third-order valence-corrected chi connectivity index (χ3v) is 5.19. The number of hydrogen-bond acceptors (Lipinski definition) is 4. The average Bonchev–Trinajstić information content (AvgIpc) is 3.03. The van der Waals surface area contributed by atoms with E-state index in [1.54, 1.807) is 0 Å². The number of amides is 1. The maximum Gasteiger partial charge on any atom is 0.232 e. The Hall–Kier alpha value is -1.46. The number of hydrogen-bond donors (Lipinski definition) is 2. The summed E-state index contributed by atoms with van der Waals surface area (Å²) in [5, 5.41) is 14.3. The topological polar surface area (TPSA) is 58.6 Å². The molecule has 4 atom stereocenters. The minimum atomic E-state index is -1.40. The minimum absolute atomic E-state index is 0.0333. The Bertz CT molecular complexity index is 577. The monoisotopic (exact) mass is 319 g/mol. The Morgan fingerprint density at radius 2 is 2.09 bits per heavy atom. The molecule has 2 aliphatic carbocycles. The van der Waals surface area contributed by atoms with E-state index in [2.05, 4.69) is 5.32 Å². The van der Waals surface area contributed by atoms with Gasteiger partial charge in [-0.2, -0.15) is 0 Å². The summed E-state index contributed by atoms with van der Waals surface area (Å²) >= 11 is 5.36. The van der Waals surface area contributed by atoms with Crippen LogP contribution in [0, 0.1) is 11.8 Å². The van der Waals surface area contributed by atoms with E-state index in [0.29, 0.717) is 5.92 Å². The van der Waals surface area contributed by atoms with E-state index in [0.717, 1.165) is 31.2 Å². The molecule has 22 heavy (non-hydrogen) atoms. The van der Waals surface area contributed by atoms with Gasteiger partial charge in [-0.25, -0.2) is 0 Å². The summed E-state index contributed by atoms with van der Waals surface area (Å²) in [7, 11) is 0. The number of thiocarbonyl (C=S) groups is 1. The van der Waals surface area contributed by atoms with Gasteiger partial charge in [0.15, 0.2) is 5.05 Å². The van der Waals surface area contributed by atoms with Crippen molar-refractivity contribution >= 4 is 23.2 Å². The van der Waals surface area contributed by atoms with Crippen LogP contribution >= 0.6 is 12.2 Å². The van der Waals surface area contributed by atoms with Crippen LogP contribution in [0.15, 0.2) is 30.3 Å². The van der Waals surface area contributed by atoms with Crippen LogP contribution in [0.5, 0.6) is 0 Å². The molecule has 1 aromatic rings. The second-order valence-corrected chi connectivity index (χ2v) is 6.66. The lowest BCUT2D eigenvalue weighted by Gasteiger charge is -2.35. The first-order valence-electron chi connectivity index (χ1n) is 7.78. The van der Waals surface area contributed by atoms with E-state index < -0.39 is 11.8 Å². The molecular formula is C17H21NO3S.